The molecule has 0 aromatic carbocycles. The van der Waals surface area contributed by atoms with Crippen molar-refractivity contribution in [3.8, 4) is 0 Å². The highest BCUT2D eigenvalue weighted by molar-refractivity contribution is 7.48. The molecule has 2 N–H and O–H groups in total. The molecular formula is C12H28O8P2. The maximum Gasteiger partial charge on any atom is 0.477 e. The van der Waals surface area contributed by atoms with Crippen LogP contribution in [0.1, 0.15) is 59.3 Å². The largest absolute Gasteiger partial charge is 0.477 e. The second-order valence-corrected chi connectivity index (χ2v) is 7.55. The van der Waals surface area contributed by atoms with Crippen molar-refractivity contribution in [2.45, 2.75) is 65.6 Å². The van der Waals surface area contributed by atoms with Gasteiger partial charge in [0.2, 0.25) is 0 Å². The molecule has 8 nitrogen and oxygen atoms in total. The van der Waals surface area contributed by atoms with Crippen molar-refractivity contribution in [1.82, 2.24) is 0 Å². The van der Waals surface area contributed by atoms with E-state index in [1.165, 1.54) is 0 Å². The van der Waals surface area contributed by atoms with Gasteiger partial charge in [-0.25, -0.2) is 9.13 Å². The zero-order valence-electron chi connectivity index (χ0n) is 13.5. The van der Waals surface area contributed by atoms with Gasteiger partial charge in [0, 0.05) is 0 Å². The monoisotopic (exact) mass is 362 g/mol. The zero-order chi connectivity index (χ0) is 17.1. The standard InChI is InChI=1S/C12H28O8P2/c1-4-7-10-17-22(16,18-11-8-5-2)20-12(9-6-3)19-21(13,14)15/h12H,4-11H2,1-3H3,(H2,13,14,15). The Balaban J connectivity index is 4.79. The minimum atomic E-state index is -4.76. The summed E-state index contributed by atoms with van der Waals surface area (Å²) in [5, 5.41) is 0. The molecule has 0 bridgehead atoms. The number of phosphoric acid groups is 2. The number of hydrogen-bond donors (Lipinski definition) is 2. The molecule has 0 radical (unpaired) electrons. The summed E-state index contributed by atoms with van der Waals surface area (Å²) in [7, 11) is -8.68. The molecule has 22 heavy (non-hydrogen) atoms. The van der Waals surface area contributed by atoms with E-state index in [0.29, 0.717) is 19.3 Å². The van der Waals surface area contributed by atoms with Gasteiger partial charge in [0.25, 0.3) is 0 Å². The average molecular weight is 362 g/mol. The summed E-state index contributed by atoms with van der Waals surface area (Å²) in [6.45, 7) is 6.03. The Labute approximate surface area is 132 Å². The molecule has 0 aliphatic carbocycles. The Morgan fingerprint density at radius 1 is 0.864 bits per heavy atom. The third kappa shape index (κ3) is 11.7. The lowest BCUT2D eigenvalue weighted by Gasteiger charge is -2.24. The van der Waals surface area contributed by atoms with Gasteiger partial charge in [-0.3, -0.25) is 18.1 Å². The lowest BCUT2D eigenvalue weighted by atomic mass is 10.3. The lowest BCUT2D eigenvalue weighted by molar-refractivity contribution is -0.0495. The maximum absolute atomic E-state index is 12.5. The van der Waals surface area contributed by atoms with Crippen molar-refractivity contribution in [3.63, 3.8) is 0 Å². The molecule has 0 rings (SSSR count). The molecule has 1 atom stereocenters. The normalized spacial score (nSPS) is 14.2. The average Bonchev–Trinajstić information content (AvgIpc) is 2.37. The van der Waals surface area contributed by atoms with Gasteiger partial charge in [-0.2, -0.15) is 0 Å². The molecule has 0 heterocycles. The quantitative estimate of drug-likeness (QED) is 0.271. The lowest BCUT2D eigenvalue weighted by Crippen LogP contribution is -2.17. The van der Waals surface area contributed by atoms with E-state index in [1.54, 1.807) is 6.92 Å². The summed E-state index contributed by atoms with van der Waals surface area (Å²) in [5.41, 5.74) is 0. The van der Waals surface area contributed by atoms with Gasteiger partial charge in [0.05, 0.1) is 13.2 Å². The van der Waals surface area contributed by atoms with E-state index in [1.807, 2.05) is 13.8 Å². The highest BCUT2D eigenvalue weighted by Gasteiger charge is 2.34. The van der Waals surface area contributed by atoms with Crippen LogP contribution in [-0.2, 0) is 27.2 Å². The minimum absolute atomic E-state index is 0.156. The smallest absolute Gasteiger partial charge is 0.303 e. The number of rotatable bonds is 14. The van der Waals surface area contributed by atoms with Crippen LogP contribution in [0.25, 0.3) is 0 Å². The third-order valence-electron chi connectivity index (χ3n) is 2.52. The second-order valence-electron chi connectivity index (χ2n) is 4.74. The van der Waals surface area contributed by atoms with Crippen LogP contribution in [0.2, 0.25) is 0 Å². The zero-order valence-corrected chi connectivity index (χ0v) is 15.3. The van der Waals surface area contributed by atoms with E-state index in [4.69, 9.17) is 23.4 Å². The van der Waals surface area contributed by atoms with E-state index in [-0.39, 0.29) is 19.6 Å². The van der Waals surface area contributed by atoms with Gasteiger partial charge < -0.3 is 9.79 Å². The summed E-state index contributed by atoms with van der Waals surface area (Å²) >= 11 is 0. The topological polar surface area (TPSA) is 112 Å². The van der Waals surface area contributed by atoms with Crippen LogP contribution < -0.4 is 0 Å². The Morgan fingerprint density at radius 3 is 1.73 bits per heavy atom. The van der Waals surface area contributed by atoms with Crippen LogP contribution in [0.3, 0.4) is 0 Å². The van der Waals surface area contributed by atoms with Crippen LogP contribution >= 0.6 is 15.6 Å². The molecule has 0 spiro atoms. The van der Waals surface area contributed by atoms with E-state index in [0.717, 1.165) is 12.8 Å². The van der Waals surface area contributed by atoms with Gasteiger partial charge in [0.1, 0.15) is 0 Å². The van der Waals surface area contributed by atoms with Gasteiger partial charge in [0.15, 0.2) is 6.29 Å². The molecule has 0 aromatic heterocycles. The second kappa shape index (κ2) is 11.7. The first-order valence-corrected chi connectivity index (χ1v) is 10.6. The van der Waals surface area contributed by atoms with Crippen molar-refractivity contribution >= 4 is 15.6 Å². The molecule has 0 saturated heterocycles. The fourth-order valence-electron chi connectivity index (χ4n) is 1.40. The van der Waals surface area contributed by atoms with Gasteiger partial charge >= 0.3 is 15.6 Å². The predicted molar refractivity (Wildman–Crippen MR) is 82.2 cm³/mol. The van der Waals surface area contributed by atoms with Gasteiger partial charge in [-0.05, 0) is 19.3 Å². The highest BCUT2D eigenvalue weighted by Crippen LogP contribution is 2.53. The number of unbranched alkanes of at least 4 members (excludes halogenated alkanes) is 2. The molecule has 0 fully saturated rings. The van der Waals surface area contributed by atoms with Gasteiger partial charge in [-0.1, -0.05) is 40.0 Å². The molecule has 0 amide bonds. The van der Waals surface area contributed by atoms with Crippen molar-refractivity contribution in [2.75, 3.05) is 13.2 Å². The first-order valence-electron chi connectivity index (χ1n) is 7.57. The number of phosphoric ester groups is 2. The summed E-state index contributed by atoms with van der Waals surface area (Å²) in [6, 6.07) is 0. The van der Waals surface area contributed by atoms with Crippen LogP contribution in [-0.4, -0.2) is 29.3 Å². The van der Waals surface area contributed by atoms with Crippen LogP contribution in [0.15, 0.2) is 0 Å². The van der Waals surface area contributed by atoms with Crippen LogP contribution in [0, 0.1) is 0 Å². The van der Waals surface area contributed by atoms with E-state index < -0.39 is 21.9 Å². The fourth-order valence-corrected chi connectivity index (χ4v) is 3.26. The number of hydrogen-bond acceptors (Lipinski definition) is 6. The van der Waals surface area contributed by atoms with E-state index in [9.17, 15) is 9.13 Å². The van der Waals surface area contributed by atoms with Crippen molar-refractivity contribution in [1.29, 1.82) is 0 Å². The van der Waals surface area contributed by atoms with Crippen LogP contribution in [0.4, 0.5) is 0 Å². The van der Waals surface area contributed by atoms with E-state index in [2.05, 4.69) is 4.52 Å². The Hall–Kier alpha value is 0.220. The third-order valence-corrected chi connectivity index (χ3v) is 4.52. The SMILES string of the molecule is CCCCOP(=O)(OCCCC)OC(CCC)OP(=O)(O)O. The molecule has 134 valence electrons. The molecule has 0 saturated carbocycles. The summed E-state index contributed by atoms with van der Waals surface area (Å²) in [6.07, 6.45) is 2.35. The Bertz CT molecular complexity index is 356. The van der Waals surface area contributed by atoms with E-state index >= 15 is 0 Å². The molecule has 10 heteroatoms. The minimum Gasteiger partial charge on any atom is -0.303 e. The summed E-state index contributed by atoms with van der Waals surface area (Å²) in [5.74, 6) is 0. The molecule has 0 aromatic rings. The Kier molecular flexibility index (Phi) is 11.8. The molecule has 1 unspecified atom stereocenters. The van der Waals surface area contributed by atoms with Crippen LogP contribution in [0.5, 0.6) is 0 Å². The first kappa shape index (κ1) is 22.2. The summed E-state index contributed by atoms with van der Waals surface area (Å²) in [4.78, 5) is 17.8. The van der Waals surface area contributed by atoms with Crippen molar-refractivity contribution in [2.24, 2.45) is 0 Å². The molecule has 0 aliphatic rings. The molecule has 0 aliphatic heterocycles. The summed E-state index contributed by atoms with van der Waals surface area (Å²) < 4.78 is 43.5. The fraction of sp³-hybridized carbons (Fsp3) is 1.00. The maximum atomic E-state index is 12.5. The predicted octanol–water partition coefficient (Wildman–Crippen LogP) is 3.98. The Morgan fingerprint density at radius 2 is 1.36 bits per heavy atom. The van der Waals surface area contributed by atoms with Crippen molar-refractivity contribution in [3.05, 3.63) is 0 Å². The first-order chi connectivity index (χ1) is 10.3. The van der Waals surface area contributed by atoms with Crippen molar-refractivity contribution < 1.29 is 37.0 Å². The molecular weight excluding hydrogens is 334 g/mol. The van der Waals surface area contributed by atoms with Gasteiger partial charge in [-0.15, -0.1) is 0 Å². The highest BCUT2D eigenvalue weighted by atomic mass is 31.2.